The fourth-order valence-corrected chi connectivity index (χ4v) is 2.28. The maximum absolute atomic E-state index is 13.1. The molecule has 0 amide bonds. The van der Waals surface area contributed by atoms with Gasteiger partial charge in [-0.15, -0.1) is 0 Å². The molecule has 2 atom stereocenters. The van der Waals surface area contributed by atoms with Crippen molar-refractivity contribution < 1.29 is 14.3 Å². The van der Waals surface area contributed by atoms with Crippen molar-refractivity contribution in [3.05, 3.63) is 35.6 Å². The van der Waals surface area contributed by atoms with Crippen molar-refractivity contribution in [1.29, 1.82) is 0 Å². The predicted molar refractivity (Wildman–Crippen MR) is 57.5 cm³/mol. The zero-order valence-corrected chi connectivity index (χ0v) is 9.06. The summed E-state index contributed by atoms with van der Waals surface area (Å²) in [4.78, 5) is 12.9. The Morgan fingerprint density at radius 3 is 2.88 bits per heavy atom. The Morgan fingerprint density at radius 2 is 2.31 bits per heavy atom. The molecule has 1 N–H and O–H groups in total. The summed E-state index contributed by atoms with van der Waals surface area (Å²) in [5.74, 6) is -1.39. The number of nitrogens with zero attached hydrogens (tertiary/aromatic N) is 1. The Morgan fingerprint density at radius 1 is 1.56 bits per heavy atom. The molecule has 1 aliphatic heterocycles. The smallest absolute Gasteiger partial charge is 0.307 e. The first-order valence-electron chi connectivity index (χ1n) is 5.26. The van der Waals surface area contributed by atoms with E-state index in [1.165, 1.54) is 12.1 Å². The van der Waals surface area contributed by atoms with Gasteiger partial charge in [0.1, 0.15) is 5.82 Å². The quantitative estimate of drug-likeness (QED) is 0.832. The number of carboxylic acid groups (broad SMARTS) is 1. The number of carboxylic acids is 1. The molecule has 1 heterocycles. The highest BCUT2D eigenvalue weighted by Crippen LogP contribution is 2.34. The molecule has 2 rings (SSSR count). The molecule has 1 aromatic rings. The second-order valence-electron chi connectivity index (χ2n) is 4.28. The maximum Gasteiger partial charge on any atom is 0.307 e. The number of hydrogen-bond acceptors (Lipinski definition) is 2. The molecule has 0 radical (unpaired) electrons. The van der Waals surface area contributed by atoms with Crippen LogP contribution >= 0.6 is 0 Å². The van der Waals surface area contributed by atoms with Crippen LogP contribution in [0.5, 0.6) is 0 Å². The molecule has 0 aromatic heterocycles. The Hall–Kier alpha value is -1.42. The van der Waals surface area contributed by atoms with Crippen molar-refractivity contribution in [2.24, 2.45) is 5.92 Å². The van der Waals surface area contributed by atoms with Gasteiger partial charge in [-0.3, -0.25) is 9.69 Å². The number of hydrogen-bond donors (Lipinski definition) is 1. The van der Waals surface area contributed by atoms with Gasteiger partial charge in [0.15, 0.2) is 0 Å². The van der Waals surface area contributed by atoms with Crippen LogP contribution in [0.3, 0.4) is 0 Å². The minimum absolute atomic E-state index is 0.0109. The first-order chi connectivity index (χ1) is 7.58. The zero-order chi connectivity index (χ0) is 11.7. The van der Waals surface area contributed by atoms with Crippen LogP contribution in [0.15, 0.2) is 24.3 Å². The fourth-order valence-electron chi connectivity index (χ4n) is 2.28. The summed E-state index contributed by atoms with van der Waals surface area (Å²) in [5.41, 5.74) is 0.853. The molecule has 1 aromatic carbocycles. The van der Waals surface area contributed by atoms with Gasteiger partial charge in [-0.2, -0.15) is 0 Å². The molecule has 16 heavy (non-hydrogen) atoms. The highest BCUT2D eigenvalue weighted by Gasteiger charge is 2.34. The van der Waals surface area contributed by atoms with E-state index in [-0.39, 0.29) is 17.8 Å². The minimum atomic E-state index is -0.772. The van der Waals surface area contributed by atoms with Crippen molar-refractivity contribution in [1.82, 2.24) is 4.90 Å². The lowest BCUT2D eigenvalue weighted by molar-refractivity contribution is -0.141. The fraction of sp³-hybridized carbons (Fsp3) is 0.417. The minimum Gasteiger partial charge on any atom is -0.481 e. The Balaban J connectivity index is 2.19. The summed E-state index contributed by atoms with van der Waals surface area (Å²) < 4.78 is 13.1. The monoisotopic (exact) mass is 223 g/mol. The third-order valence-corrected chi connectivity index (χ3v) is 3.13. The maximum atomic E-state index is 13.1. The van der Waals surface area contributed by atoms with Crippen molar-refractivity contribution in [3.8, 4) is 0 Å². The Bertz CT molecular complexity index is 408. The van der Waals surface area contributed by atoms with E-state index in [2.05, 4.69) is 0 Å². The average molecular weight is 223 g/mol. The molecule has 0 spiro atoms. The Labute approximate surface area is 93.5 Å². The first kappa shape index (κ1) is 11.1. The van der Waals surface area contributed by atoms with Crippen LogP contribution in [0, 0.1) is 11.7 Å². The van der Waals surface area contributed by atoms with Crippen molar-refractivity contribution in [3.63, 3.8) is 0 Å². The van der Waals surface area contributed by atoms with Gasteiger partial charge in [0.25, 0.3) is 0 Å². The van der Waals surface area contributed by atoms with E-state index >= 15 is 0 Å². The Kier molecular flexibility index (Phi) is 2.92. The highest BCUT2D eigenvalue weighted by molar-refractivity contribution is 5.70. The second kappa shape index (κ2) is 4.22. The third kappa shape index (κ3) is 2.07. The van der Waals surface area contributed by atoms with Gasteiger partial charge in [-0.25, -0.2) is 4.39 Å². The lowest BCUT2D eigenvalue weighted by atomic mass is 10.00. The number of benzene rings is 1. The zero-order valence-electron chi connectivity index (χ0n) is 9.06. The number of likely N-dealkylation sites (tertiary alicyclic amines) is 1. The van der Waals surface area contributed by atoms with Gasteiger partial charge < -0.3 is 5.11 Å². The lowest BCUT2D eigenvalue weighted by Crippen LogP contribution is -2.20. The third-order valence-electron chi connectivity index (χ3n) is 3.13. The second-order valence-corrected chi connectivity index (χ2v) is 4.28. The van der Waals surface area contributed by atoms with Gasteiger partial charge in [-0.05, 0) is 31.2 Å². The van der Waals surface area contributed by atoms with Crippen LogP contribution in [0.4, 0.5) is 4.39 Å². The molecule has 86 valence electrons. The molecule has 4 heteroatoms. The van der Waals surface area contributed by atoms with E-state index in [4.69, 9.17) is 5.11 Å². The van der Waals surface area contributed by atoms with E-state index in [1.54, 1.807) is 6.07 Å². The summed E-state index contributed by atoms with van der Waals surface area (Å²) >= 11 is 0. The van der Waals surface area contributed by atoms with E-state index in [9.17, 15) is 9.18 Å². The van der Waals surface area contributed by atoms with Gasteiger partial charge in [0.05, 0.1) is 5.92 Å². The number of carbonyl (C=O) groups is 1. The van der Waals surface area contributed by atoms with Crippen LogP contribution in [-0.4, -0.2) is 29.6 Å². The number of aliphatic carboxylic acids is 1. The molecule has 0 unspecified atom stereocenters. The molecule has 0 aliphatic carbocycles. The molecule has 0 saturated carbocycles. The van der Waals surface area contributed by atoms with E-state index in [0.717, 1.165) is 5.56 Å². The SMILES string of the molecule is CN1C[C@H](C(=O)O)C[C@@H]1c1cccc(F)c1. The summed E-state index contributed by atoms with van der Waals surface area (Å²) in [6.45, 7) is 0.524. The van der Waals surface area contributed by atoms with Gasteiger partial charge in [-0.1, -0.05) is 12.1 Å². The average Bonchev–Trinajstić information content (AvgIpc) is 2.60. The topological polar surface area (TPSA) is 40.5 Å². The summed E-state index contributed by atoms with van der Waals surface area (Å²) in [5, 5.41) is 8.95. The largest absolute Gasteiger partial charge is 0.481 e. The van der Waals surface area contributed by atoms with Gasteiger partial charge in [0.2, 0.25) is 0 Å². The molecule has 3 nitrogen and oxygen atoms in total. The first-order valence-corrected chi connectivity index (χ1v) is 5.26. The number of rotatable bonds is 2. The lowest BCUT2D eigenvalue weighted by Gasteiger charge is -2.19. The summed E-state index contributed by atoms with van der Waals surface area (Å²) in [6.07, 6.45) is 0.551. The van der Waals surface area contributed by atoms with Crippen LogP contribution < -0.4 is 0 Å². The van der Waals surface area contributed by atoms with Gasteiger partial charge in [0, 0.05) is 12.6 Å². The molecular weight excluding hydrogens is 209 g/mol. The number of halogens is 1. The van der Waals surface area contributed by atoms with Gasteiger partial charge >= 0.3 is 5.97 Å². The van der Waals surface area contributed by atoms with Crippen LogP contribution in [-0.2, 0) is 4.79 Å². The van der Waals surface area contributed by atoms with E-state index in [1.807, 2.05) is 18.0 Å². The van der Waals surface area contributed by atoms with Crippen LogP contribution in [0.2, 0.25) is 0 Å². The molecule has 1 aliphatic rings. The van der Waals surface area contributed by atoms with Crippen LogP contribution in [0.25, 0.3) is 0 Å². The summed E-state index contributed by atoms with van der Waals surface area (Å²) in [6, 6.07) is 6.39. The van der Waals surface area contributed by atoms with E-state index in [0.29, 0.717) is 13.0 Å². The van der Waals surface area contributed by atoms with E-state index < -0.39 is 5.97 Å². The van der Waals surface area contributed by atoms with Crippen molar-refractivity contribution in [2.75, 3.05) is 13.6 Å². The van der Waals surface area contributed by atoms with Crippen molar-refractivity contribution in [2.45, 2.75) is 12.5 Å². The highest BCUT2D eigenvalue weighted by atomic mass is 19.1. The molecular formula is C12H14FNO2. The standard InChI is InChI=1S/C12H14FNO2/c1-14-7-9(12(15)16)6-11(14)8-3-2-4-10(13)5-8/h2-5,9,11H,6-7H2,1H3,(H,15,16)/t9-,11-/m1/s1. The molecule has 1 saturated heterocycles. The van der Waals surface area contributed by atoms with Crippen LogP contribution in [0.1, 0.15) is 18.0 Å². The molecule has 1 fully saturated rings. The van der Waals surface area contributed by atoms with Crippen molar-refractivity contribution >= 4 is 5.97 Å². The molecule has 0 bridgehead atoms. The summed E-state index contributed by atoms with van der Waals surface area (Å²) in [7, 11) is 1.87. The predicted octanol–water partition coefficient (Wildman–Crippen LogP) is 1.90. The normalized spacial score (nSPS) is 25.9.